The molecular weight excluding hydrogens is 438 g/mol. The topological polar surface area (TPSA) is 26.0 Å². The van der Waals surface area contributed by atoms with E-state index in [2.05, 4.69) is 113 Å². The maximum atomic E-state index is 6.57. The second kappa shape index (κ2) is 7.07. The molecule has 0 saturated heterocycles. The molecule has 2 nitrogen and oxygen atoms in total. The van der Waals surface area contributed by atoms with Gasteiger partial charge < -0.3 is 4.42 Å². The molecule has 0 amide bonds. The zero-order valence-electron chi connectivity index (χ0n) is 21.4. The Balaban J connectivity index is 1.61. The number of fused-ring (bicyclic) bond motifs is 8. The zero-order valence-corrected chi connectivity index (χ0v) is 21.4. The lowest BCUT2D eigenvalue weighted by atomic mass is 9.80. The highest BCUT2D eigenvalue weighted by molar-refractivity contribution is 6.14. The number of hydrogen-bond acceptors (Lipinski definition) is 2. The van der Waals surface area contributed by atoms with Gasteiger partial charge in [0.25, 0.3) is 0 Å². The van der Waals surface area contributed by atoms with Crippen molar-refractivity contribution >= 4 is 32.6 Å². The number of para-hydroxylation sites is 1. The number of pyridine rings is 1. The minimum absolute atomic E-state index is 0.0205. The van der Waals surface area contributed by atoms with Gasteiger partial charge in [0.15, 0.2) is 0 Å². The number of aromatic nitrogens is 1. The fourth-order valence-electron chi connectivity index (χ4n) is 6.33. The third kappa shape index (κ3) is 2.76. The number of rotatable bonds is 1. The Labute approximate surface area is 211 Å². The molecule has 0 bridgehead atoms. The van der Waals surface area contributed by atoms with Crippen molar-refractivity contribution in [3.05, 3.63) is 102 Å². The van der Waals surface area contributed by atoms with Crippen LogP contribution < -0.4 is 0 Å². The van der Waals surface area contributed by atoms with Gasteiger partial charge in [0, 0.05) is 38.3 Å². The van der Waals surface area contributed by atoms with Crippen LogP contribution in [0.2, 0.25) is 0 Å². The maximum absolute atomic E-state index is 6.57. The first-order valence-electron chi connectivity index (χ1n) is 12.7. The molecular formula is C34H29NO. The molecule has 0 radical (unpaired) electrons. The largest absolute Gasteiger partial charge is 0.456 e. The Kier molecular flexibility index (Phi) is 4.20. The molecule has 0 N–H and O–H groups in total. The molecule has 6 aromatic rings. The maximum Gasteiger partial charge on any atom is 0.140 e. The van der Waals surface area contributed by atoms with Gasteiger partial charge in [0.2, 0.25) is 0 Å². The SMILES string of the molecule is CC(C)(C)c1cccc2nc(-c3cccc4c3-c3oc5ccccc5c3C4(C)C)c3ccccc3c12. The van der Waals surface area contributed by atoms with Crippen LogP contribution in [0.15, 0.2) is 89.3 Å². The molecule has 0 saturated carbocycles. The lowest BCUT2D eigenvalue weighted by molar-refractivity contribution is 0.596. The third-order valence-corrected chi connectivity index (χ3v) is 7.97. The monoisotopic (exact) mass is 467 g/mol. The summed E-state index contributed by atoms with van der Waals surface area (Å²) in [5.74, 6) is 0.987. The predicted molar refractivity (Wildman–Crippen MR) is 151 cm³/mol. The van der Waals surface area contributed by atoms with E-state index < -0.39 is 0 Å². The molecule has 2 heteroatoms. The van der Waals surface area contributed by atoms with Crippen molar-refractivity contribution in [1.82, 2.24) is 4.98 Å². The number of hydrogen-bond donors (Lipinski definition) is 0. The van der Waals surface area contributed by atoms with Gasteiger partial charge in [0.1, 0.15) is 11.3 Å². The molecule has 7 rings (SSSR count). The van der Waals surface area contributed by atoms with Crippen molar-refractivity contribution in [2.45, 2.75) is 45.4 Å². The minimum Gasteiger partial charge on any atom is -0.456 e. The molecule has 36 heavy (non-hydrogen) atoms. The first kappa shape index (κ1) is 21.4. The van der Waals surface area contributed by atoms with Crippen LogP contribution in [0.3, 0.4) is 0 Å². The normalized spacial score (nSPS) is 14.5. The van der Waals surface area contributed by atoms with E-state index in [9.17, 15) is 0 Å². The van der Waals surface area contributed by atoms with Crippen molar-refractivity contribution in [2.75, 3.05) is 0 Å². The summed E-state index contributed by atoms with van der Waals surface area (Å²) >= 11 is 0. The van der Waals surface area contributed by atoms with Crippen LogP contribution >= 0.6 is 0 Å². The summed E-state index contributed by atoms with van der Waals surface area (Å²) < 4.78 is 6.57. The van der Waals surface area contributed by atoms with Gasteiger partial charge in [-0.3, -0.25) is 0 Å². The molecule has 0 atom stereocenters. The summed E-state index contributed by atoms with van der Waals surface area (Å²) in [5.41, 5.74) is 9.09. The average molecular weight is 468 g/mol. The summed E-state index contributed by atoms with van der Waals surface area (Å²) in [5, 5.41) is 4.88. The first-order chi connectivity index (χ1) is 17.3. The first-order valence-corrected chi connectivity index (χ1v) is 12.7. The molecule has 2 heterocycles. The highest BCUT2D eigenvalue weighted by Gasteiger charge is 2.41. The van der Waals surface area contributed by atoms with Crippen LogP contribution in [0.5, 0.6) is 0 Å². The van der Waals surface area contributed by atoms with Gasteiger partial charge in [-0.05, 0) is 34.1 Å². The van der Waals surface area contributed by atoms with E-state index in [1.54, 1.807) is 0 Å². The van der Waals surface area contributed by atoms with Gasteiger partial charge in [0.05, 0.1) is 11.2 Å². The Morgan fingerprint density at radius 2 is 1.42 bits per heavy atom. The molecule has 0 aliphatic heterocycles. The van der Waals surface area contributed by atoms with Crippen molar-refractivity contribution in [3.8, 4) is 22.6 Å². The summed E-state index contributed by atoms with van der Waals surface area (Å²) in [7, 11) is 0. The van der Waals surface area contributed by atoms with Crippen LogP contribution in [0.1, 0.15) is 51.3 Å². The van der Waals surface area contributed by atoms with E-state index in [-0.39, 0.29) is 10.8 Å². The van der Waals surface area contributed by atoms with Crippen molar-refractivity contribution in [3.63, 3.8) is 0 Å². The lowest BCUT2D eigenvalue weighted by Gasteiger charge is -2.23. The van der Waals surface area contributed by atoms with Crippen LogP contribution in [0.25, 0.3) is 55.2 Å². The van der Waals surface area contributed by atoms with Crippen LogP contribution in [0.4, 0.5) is 0 Å². The van der Waals surface area contributed by atoms with E-state index in [1.807, 2.05) is 6.07 Å². The molecule has 4 aromatic carbocycles. The summed E-state index contributed by atoms with van der Waals surface area (Å²) in [4.78, 5) is 5.36. The van der Waals surface area contributed by atoms with E-state index >= 15 is 0 Å². The Hall–Kier alpha value is -3.91. The van der Waals surface area contributed by atoms with E-state index in [0.29, 0.717) is 0 Å². The molecule has 0 spiro atoms. The van der Waals surface area contributed by atoms with Crippen LogP contribution in [-0.4, -0.2) is 4.98 Å². The number of furan rings is 1. The van der Waals surface area contributed by atoms with Crippen molar-refractivity contribution < 1.29 is 4.42 Å². The van der Waals surface area contributed by atoms with E-state index in [1.165, 1.54) is 43.8 Å². The predicted octanol–water partition coefficient (Wildman–Crippen LogP) is 9.40. The quantitative estimate of drug-likeness (QED) is 0.225. The average Bonchev–Trinajstić information content (AvgIpc) is 3.36. The fourth-order valence-corrected chi connectivity index (χ4v) is 6.33. The van der Waals surface area contributed by atoms with Gasteiger partial charge in [-0.2, -0.15) is 0 Å². The Morgan fingerprint density at radius 1 is 0.722 bits per heavy atom. The van der Waals surface area contributed by atoms with Gasteiger partial charge >= 0.3 is 0 Å². The summed E-state index contributed by atoms with van der Waals surface area (Å²) in [6, 6.07) is 30.3. The summed E-state index contributed by atoms with van der Waals surface area (Å²) in [6.45, 7) is 11.5. The fraction of sp³-hybridized carbons (Fsp3) is 0.206. The molecule has 0 fully saturated rings. The Morgan fingerprint density at radius 3 is 2.19 bits per heavy atom. The van der Waals surface area contributed by atoms with Gasteiger partial charge in [-0.25, -0.2) is 4.98 Å². The smallest absolute Gasteiger partial charge is 0.140 e. The zero-order chi connectivity index (χ0) is 24.8. The standard InChI is InChI=1S/C34H29NO/c1-33(2,3)24-16-11-18-26-28(24)20-12-6-7-13-21(20)31(35-26)23-15-10-17-25-29(23)32-30(34(25,4)5)22-14-8-9-19-27(22)36-32/h6-19H,1-5H3. The molecule has 1 aliphatic rings. The second-order valence-corrected chi connectivity index (χ2v) is 11.6. The van der Waals surface area contributed by atoms with Crippen LogP contribution in [-0.2, 0) is 10.8 Å². The van der Waals surface area contributed by atoms with Gasteiger partial charge in [-0.15, -0.1) is 0 Å². The van der Waals surface area contributed by atoms with E-state index in [4.69, 9.17) is 9.40 Å². The Bertz CT molecular complexity index is 1850. The van der Waals surface area contributed by atoms with E-state index in [0.717, 1.165) is 28.1 Å². The van der Waals surface area contributed by atoms with Crippen LogP contribution in [0, 0.1) is 0 Å². The molecule has 2 aromatic heterocycles. The highest BCUT2D eigenvalue weighted by Crippen LogP contribution is 2.56. The molecule has 1 aliphatic carbocycles. The summed E-state index contributed by atoms with van der Waals surface area (Å²) in [6.07, 6.45) is 0. The minimum atomic E-state index is -0.153. The highest BCUT2D eigenvalue weighted by atomic mass is 16.3. The third-order valence-electron chi connectivity index (χ3n) is 7.97. The molecule has 176 valence electrons. The van der Waals surface area contributed by atoms with Crippen molar-refractivity contribution in [1.29, 1.82) is 0 Å². The second-order valence-electron chi connectivity index (χ2n) is 11.6. The number of nitrogens with zero attached hydrogens (tertiary/aromatic N) is 1. The molecule has 0 unspecified atom stereocenters. The number of benzene rings is 4. The van der Waals surface area contributed by atoms with Gasteiger partial charge in [-0.1, -0.05) is 107 Å². The lowest BCUT2D eigenvalue weighted by Crippen LogP contribution is -2.15. The van der Waals surface area contributed by atoms with Crippen molar-refractivity contribution in [2.24, 2.45) is 0 Å².